The number of methoxy groups -OCH3 is 1. The molecule has 0 aliphatic rings. The molecule has 2 heterocycles. The normalized spacial score (nSPS) is 11.0. The molecular weight excluding hydrogens is 392 g/mol. The molecule has 1 aromatic carbocycles. The van der Waals surface area contributed by atoms with Crippen LogP contribution in [0.3, 0.4) is 0 Å². The van der Waals surface area contributed by atoms with Gasteiger partial charge in [-0.2, -0.15) is 0 Å². The van der Waals surface area contributed by atoms with Crippen molar-refractivity contribution >= 4 is 29.0 Å². The van der Waals surface area contributed by atoms with Gasteiger partial charge in [0.1, 0.15) is 12.1 Å². The van der Waals surface area contributed by atoms with Crippen LogP contribution in [-0.2, 0) is 17.9 Å². The molecule has 0 spiro atoms. The van der Waals surface area contributed by atoms with Crippen molar-refractivity contribution in [3.8, 4) is 5.75 Å². The Bertz CT molecular complexity index is 893. The lowest BCUT2D eigenvalue weighted by Gasteiger charge is -2.23. The zero-order chi connectivity index (χ0) is 19.9. The van der Waals surface area contributed by atoms with Gasteiger partial charge in [0.05, 0.1) is 19.4 Å². The lowest BCUT2D eigenvalue weighted by Crippen LogP contribution is -2.31. The van der Waals surface area contributed by atoms with E-state index in [0.717, 1.165) is 21.3 Å². The van der Waals surface area contributed by atoms with Crippen molar-refractivity contribution in [1.29, 1.82) is 0 Å². The summed E-state index contributed by atoms with van der Waals surface area (Å²) in [4.78, 5) is 16.1. The molecule has 3 aromatic rings. The average molecular weight is 417 g/mol. The van der Waals surface area contributed by atoms with E-state index in [1.54, 1.807) is 24.8 Å². The number of thiophene rings is 1. The Kier molecular flexibility index (Phi) is 7.11. The summed E-state index contributed by atoms with van der Waals surface area (Å²) >= 11 is 3.07. The number of ether oxygens (including phenoxy) is 1. The molecule has 0 atom stereocenters. The van der Waals surface area contributed by atoms with Crippen molar-refractivity contribution in [2.75, 3.05) is 12.9 Å². The number of hydrogen-bond donors (Lipinski definition) is 0. The molecule has 0 N–H and O–H groups in total. The van der Waals surface area contributed by atoms with Crippen LogP contribution in [0.2, 0.25) is 0 Å². The molecule has 148 valence electrons. The van der Waals surface area contributed by atoms with Gasteiger partial charge >= 0.3 is 0 Å². The molecule has 1 amide bonds. The molecule has 0 saturated heterocycles. The van der Waals surface area contributed by atoms with E-state index in [1.165, 1.54) is 11.8 Å². The molecule has 28 heavy (non-hydrogen) atoms. The first-order chi connectivity index (χ1) is 13.6. The van der Waals surface area contributed by atoms with E-state index >= 15 is 0 Å². The van der Waals surface area contributed by atoms with Crippen molar-refractivity contribution < 1.29 is 9.53 Å². The maximum atomic E-state index is 13.1. The smallest absolute Gasteiger partial charge is 0.233 e. The van der Waals surface area contributed by atoms with Crippen molar-refractivity contribution in [3.05, 3.63) is 58.5 Å². The van der Waals surface area contributed by atoms with Gasteiger partial charge in [0.15, 0.2) is 5.16 Å². The number of thioether (sulfide) groups is 1. The SMILES string of the molecule is COc1ccccc1CN(Cc1cccs1)C(=O)CSc1nncn1C(C)C. The van der Waals surface area contributed by atoms with Crippen LogP contribution in [0.15, 0.2) is 53.3 Å². The second-order valence-corrected chi connectivity index (χ2v) is 8.52. The summed E-state index contributed by atoms with van der Waals surface area (Å²) in [5.74, 6) is 1.16. The van der Waals surface area contributed by atoms with Crippen LogP contribution in [0.25, 0.3) is 0 Å². The molecule has 8 heteroatoms. The van der Waals surface area contributed by atoms with E-state index in [2.05, 4.69) is 30.1 Å². The summed E-state index contributed by atoms with van der Waals surface area (Å²) in [7, 11) is 1.65. The molecule has 2 aromatic heterocycles. The molecule has 0 unspecified atom stereocenters. The van der Waals surface area contributed by atoms with Crippen LogP contribution in [0, 0.1) is 0 Å². The van der Waals surface area contributed by atoms with Crippen LogP contribution in [0.1, 0.15) is 30.3 Å². The van der Waals surface area contributed by atoms with Crippen molar-refractivity contribution in [2.24, 2.45) is 0 Å². The van der Waals surface area contributed by atoms with Crippen LogP contribution in [0.4, 0.5) is 0 Å². The number of carbonyl (C=O) groups is 1. The van der Waals surface area contributed by atoms with Crippen molar-refractivity contribution in [2.45, 2.75) is 38.1 Å². The topological polar surface area (TPSA) is 60.2 Å². The fraction of sp³-hybridized carbons (Fsp3) is 0.350. The number of amides is 1. The van der Waals surface area contributed by atoms with Gasteiger partial charge in [-0.25, -0.2) is 0 Å². The van der Waals surface area contributed by atoms with Crippen molar-refractivity contribution in [1.82, 2.24) is 19.7 Å². The number of carbonyl (C=O) groups excluding carboxylic acids is 1. The number of nitrogens with zero attached hydrogens (tertiary/aromatic N) is 4. The van der Waals surface area contributed by atoms with Gasteiger partial charge in [0.25, 0.3) is 0 Å². The Labute approximate surface area is 173 Å². The molecule has 0 bridgehead atoms. The van der Waals surface area contributed by atoms with E-state index in [9.17, 15) is 4.79 Å². The third kappa shape index (κ3) is 5.14. The molecule has 0 aliphatic heterocycles. The van der Waals surface area contributed by atoms with E-state index in [1.807, 2.05) is 45.2 Å². The minimum absolute atomic E-state index is 0.0580. The van der Waals surface area contributed by atoms with Crippen LogP contribution in [0.5, 0.6) is 5.75 Å². The minimum atomic E-state index is 0.0580. The van der Waals surface area contributed by atoms with Crippen LogP contribution >= 0.6 is 23.1 Å². The molecule has 0 aliphatic carbocycles. The highest BCUT2D eigenvalue weighted by Gasteiger charge is 2.19. The molecule has 6 nitrogen and oxygen atoms in total. The predicted molar refractivity (Wildman–Crippen MR) is 113 cm³/mol. The summed E-state index contributed by atoms with van der Waals surface area (Å²) in [5, 5.41) is 10.9. The molecular formula is C20H24N4O2S2. The monoisotopic (exact) mass is 416 g/mol. The van der Waals surface area contributed by atoms with Gasteiger partial charge in [0, 0.05) is 23.0 Å². The molecule has 0 saturated carbocycles. The van der Waals surface area contributed by atoms with Gasteiger partial charge < -0.3 is 14.2 Å². The Balaban J connectivity index is 1.74. The Morgan fingerprint density at radius 3 is 2.79 bits per heavy atom. The van der Waals surface area contributed by atoms with Gasteiger partial charge in [-0.15, -0.1) is 21.5 Å². The largest absolute Gasteiger partial charge is 0.496 e. The summed E-state index contributed by atoms with van der Waals surface area (Å²) in [5.41, 5.74) is 0.991. The quantitative estimate of drug-likeness (QED) is 0.488. The number of benzene rings is 1. The van der Waals surface area contributed by atoms with E-state index in [0.29, 0.717) is 18.8 Å². The van der Waals surface area contributed by atoms with Crippen LogP contribution in [-0.4, -0.2) is 38.4 Å². The second kappa shape index (κ2) is 9.75. The summed E-state index contributed by atoms with van der Waals surface area (Å²) in [6, 6.07) is 12.1. The highest BCUT2D eigenvalue weighted by atomic mass is 32.2. The number of para-hydroxylation sites is 1. The van der Waals surface area contributed by atoms with Gasteiger partial charge in [-0.05, 0) is 31.4 Å². The highest BCUT2D eigenvalue weighted by molar-refractivity contribution is 7.99. The zero-order valence-electron chi connectivity index (χ0n) is 16.2. The van der Waals surface area contributed by atoms with Gasteiger partial charge in [-0.3, -0.25) is 4.79 Å². The molecule has 0 radical (unpaired) electrons. The summed E-state index contributed by atoms with van der Waals surface area (Å²) < 4.78 is 7.43. The highest BCUT2D eigenvalue weighted by Crippen LogP contribution is 2.24. The summed E-state index contributed by atoms with van der Waals surface area (Å²) in [6.45, 7) is 5.21. The average Bonchev–Trinajstić information content (AvgIpc) is 3.37. The first-order valence-electron chi connectivity index (χ1n) is 9.03. The minimum Gasteiger partial charge on any atom is -0.496 e. The molecule has 0 fully saturated rings. The lowest BCUT2D eigenvalue weighted by atomic mass is 10.2. The number of hydrogen-bond acceptors (Lipinski definition) is 6. The fourth-order valence-electron chi connectivity index (χ4n) is 2.77. The van der Waals surface area contributed by atoms with Crippen molar-refractivity contribution in [3.63, 3.8) is 0 Å². The predicted octanol–water partition coefficient (Wildman–Crippen LogP) is 4.25. The maximum Gasteiger partial charge on any atom is 0.233 e. The first-order valence-corrected chi connectivity index (χ1v) is 10.9. The maximum absolute atomic E-state index is 13.1. The second-order valence-electron chi connectivity index (χ2n) is 6.54. The standard InChI is InChI=1S/C20H24N4O2S2/c1-15(2)24-14-21-22-20(24)28-13-19(25)23(12-17-8-6-10-27-17)11-16-7-4-5-9-18(16)26-3/h4-10,14-15H,11-13H2,1-3H3. The summed E-state index contributed by atoms with van der Waals surface area (Å²) in [6.07, 6.45) is 1.70. The Morgan fingerprint density at radius 1 is 1.25 bits per heavy atom. The number of rotatable bonds is 9. The lowest BCUT2D eigenvalue weighted by molar-refractivity contribution is -0.129. The Hall–Kier alpha value is -2.32. The third-order valence-corrected chi connectivity index (χ3v) is 6.06. The van der Waals surface area contributed by atoms with E-state index in [-0.39, 0.29) is 11.9 Å². The molecule has 3 rings (SSSR count). The number of aromatic nitrogens is 3. The third-order valence-electron chi connectivity index (χ3n) is 4.25. The van der Waals surface area contributed by atoms with Gasteiger partial charge in [0.2, 0.25) is 5.91 Å². The van der Waals surface area contributed by atoms with Crippen LogP contribution < -0.4 is 4.74 Å². The zero-order valence-corrected chi connectivity index (χ0v) is 17.9. The Morgan fingerprint density at radius 2 is 2.07 bits per heavy atom. The van der Waals surface area contributed by atoms with E-state index < -0.39 is 0 Å². The van der Waals surface area contributed by atoms with Gasteiger partial charge in [-0.1, -0.05) is 36.0 Å². The fourth-order valence-corrected chi connectivity index (χ4v) is 4.44. The first kappa shape index (κ1) is 20.4. The van der Waals surface area contributed by atoms with E-state index in [4.69, 9.17) is 4.74 Å².